The quantitative estimate of drug-likeness (QED) is 0.529. The molecule has 0 aliphatic rings. The van der Waals surface area contributed by atoms with E-state index in [4.69, 9.17) is 9.51 Å². The molecule has 2 aromatic heterocycles. The molecule has 0 saturated heterocycles. The Balaban J connectivity index is 1.50. The number of para-hydroxylation sites is 1. The Hall–Kier alpha value is -2.57. The molecule has 0 saturated carbocycles. The van der Waals surface area contributed by atoms with Gasteiger partial charge in [0.15, 0.2) is 0 Å². The van der Waals surface area contributed by atoms with Crippen LogP contribution in [0.3, 0.4) is 0 Å². The lowest BCUT2D eigenvalue weighted by Crippen LogP contribution is -2.22. The van der Waals surface area contributed by atoms with E-state index in [1.54, 1.807) is 11.3 Å². The Bertz CT molecular complexity index is 946. The van der Waals surface area contributed by atoms with Gasteiger partial charge in [-0.1, -0.05) is 47.6 Å². The van der Waals surface area contributed by atoms with E-state index in [0.29, 0.717) is 11.7 Å². The van der Waals surface area contributed by atoms with Crippen LogP contribution in [-0.2, 0) is 6.54 Å². The van der Waals surface area contributed by atoms with Crippen LogP contribution in [0.1, 0.15) is 23.9 Å². The van der Waals surface area contributed by atoms with Crippen LogP contribution in [0.25, 0.3) is 21.6 Å². The summed E-state index contributed by atoms with van der Waals surface area (Å²) in [5.74, 6) is 1.23. The first kappa shape index (κ1) is 15.9. The van der Waals surface area contributed by atoms with Crippen molar-refractivity contribution in [2.24, 2.45) is 0 Å². The average molecular weight is 350 g/mol. The number of hydrogen-bond donors (Lipinski definition) is 0. The predicted octanol–water partition coefficient (Wildman–Crippen LogP) is 4.54. The maximum atomic E-state index is 5.48. The van der Waals surface area contributed by atoms with Crippen molar-refractivity contribution in [1.82, 2.24) is 20.0 Å². The lowest BCUT2D eigenvalue weighted by Gasteiger charge is -2.19. The molecule has 5 nitrogen and oxygen atoms in total. The molecule has 0 aliphatic heterocycles. The van der Waals surface area contributed by atoms with Crippen LogP contribution >= 0.6 is 11.3 Å². The van der Waals surface area contributed by atoms with Gasteiger partial charge in [-0.25, -0.2) is 4.98 Å². The Morgan fingerprint density at radius 3 is 2.60 bits per heavy atom. The highest BCUT2D eigenvalue weighted by atomic mass is 32.1. The summed E-state index contributed by atoms with van der Waals surface area (Å²) in [6.07, 6.45) is 0. The summed E-state index contributed by atoms with van der Waals surface area (Å²) in [6, 6.07) is 18.1. The second kappa shape index (κ2) is 6.74. The predicted molar refractivity (Wildman–Crippen MR) is 99.2 cm³/mol. The molecule has 6 heteroatoms. The highest BCUT2D eigenvalue weighted by Gasteiger charge is 2.20. The number of fused-ring (bicyclic) bond motifs is 1. The zero-order valence-electron chi connectivity index (χ0n) is 14.1. The molecule has 1 atom stereocenters. The first-order chi connectivity index (χ1) is 12.2. The third-order valence-electron chi connectivity index (χ3n) is 4.22. The summed E-state index contributed by atoms with van der Waals surface area (Å²) < 4.78 is 6.69. The van der Waals surface area contributed by atoms with Crippen LogP contribution in [0.4, 0.5) is 0 Å². The van der Waals surface area contributed by atoms with Gasteiger partial charge in [0.05, 0.1) is 22.8 Å². The first-order valence-electron chi connectivity index (χ1n) is 8.14. The van der Waals surface area contributed by atoms with Crippen LogP contribution in [0.2, 0.25) is 0 Å². The number of aromatic nitrogens is 3. The van der Waals surface area contributed by atoms with Crippen molar-refractivity contribution in [1.29, 1.82) is 0 Å². The van der Waals surface area contributed by atoms with E-state index in [9.17, 15) is 0 Å². The maximum Gasteiger partial charge on any atom is 0.244 e. The van der Waals surface area contributed by atoms with Crippen molar-refractivity contribution in [3.8, 4) is 11.4 Å². The third-order valence-corrected chi connectivity index (χ3v) is 5.24. The highest BCUT2D eigenvalue weighted by molar-refractivity contribution is 7.18. The molecule has 0 amide bonds. The molecule has 4 aromatic rings. The van der Waals surface area contributed by atoms with Crippen LogP contribution in [-0.4, -0.2) is 27.1 Å². The number of hydrogen-bond acceptors (Lipinski definition) is 6. The standard InChI is InChI=1S/C19H18N4OS/c1-13(19-21-18(22-24-19)14-8-4-3-5-9-14)23(2)12-17-20-15-10-6-7-11-16(15)25-17/h3-11,13H,12H2,1-2H3. The van der Waals surface area contributed by atoms with Crippen molar-refractivity contribution in [3.63, 3.8) is 0 Å². The normalized spacial score (nSPS) is 12.8. The first-order valence-corrected chi connectivity index (χ1v) is 8.96. The van der Waals surface area contributed by atoms with Crippen LogP contribution < -0.4 is 0 Å². The van der Waals surface area contributed by atoms with E-state index in [1.165, 1.54) is 4.70 Å². The Labute approximate surface area is 149 Å². The van der Waals surface area contributed by atoms with Crippen LogP contribution in [0.15, 0.2) is 59.1 Å². The van der Waals surface area contributed by atoms with Crippen molar-refractivity contribution in [2.75, 3.05) is 7.05 Å². The molecule has 4 rings (SSSR count). The van der Waals surface area contributed by atoms with E-state index in [0.717, 1.165) is 22.6 Å². The number of thiazole rings is 1. The zero-order valence-corrected chi connectivity index (χ0v) is 14.9. The van der Waals surface area contributed by atoms with Crippen LogP contribution in [0, 0.1) is 0 Å². The Morgan fingerprint density at radius 2 is 1.80 bits per heavy atom. The molecule has 126 valence electrons. The minimum absolute atomic E-state index is 0.0111. The topological polar surface area (TPSA) is 55.1 Å². The Morgan fingerprint density at radius 1 is 1.04 bits per heavy atom. The monoisotopic (exact) mass is 350 g/mol. The van der Waals surface area contributed by atoms with E-state index in [1.807, 2.05) is 55.6 Å². The molecule has 0 fully saturated rings. The summed E-state index contributed by atoms with van der Waals surface area (Å²) in [5, 5.41) is 5.19. The molecule has 25 heavy (non-hydrogen) atoms. The molecular formula is C19H18N4OS. The second-order valence-corrected chi connectivity index (χ2v) is 7.10. The lowest BCUT2D eigenvalue weighted by atomic mass is 10.2. The number of nitrogens with zero attached hydrogens (tertiary/aromatic N) is 4. The summed E-state index contributed by atoms with van der Waals surface area (Å²) in [4.78, 5) is 11.4. The van der Waals surface area contributed by atoms with Crippen molar-refractivity contribution in [3.05, 3.63) is 65.5 Å². The van der Waals surface area contributed by atoms with E-state index < -0.39 is 0 Å². The van der Waals surface area contributed by atoms with Crippen molar-refractivity contribution >= 4 is 21.6 Å². The van der Waals surface area contributed by atoms with Crippen molar-refractivity contribution in [2.45, 2.75) is 19.5 Å². The maximum absolute atomic E-state index is 5.48. The number of rotatable bonds is 5. The van der Waals surface area contributed by atoms with Gasteiger partial charge in [-0.15, -0.1) is 11.3 Å². The fraction of sp³-hybridized carbons (Fsp3) is 0.211. The van der Waals surface area contributed by atoms with E-state index >= 15 is 0 Å². The lowest BCUT2D eigenvalue weighted by molar-refractivity contribution is 0.202. The summed E-state index contributed by atoms with van der Waals surface area (Å²) in [5.41, 5.74) is 2.01. The van der Waals surface area contributed by atoms with Gasteiger partial charge in [-0.05, 0) is 26.1 Å². The summed E-state index contributed by atoms with van der Waals surface area (Å²) >= 11 is 1.72. The van der Waals surface area contributed by atoms with Gasteiger partial charge in [-0.3, -0.25) is 4.90 Å². The average Bonchev–Trinajstić information content (AvgIpc) is 3.28. The minimum Gasteiger partial charge on any atom is -0.337 e. The fourth-order valence-corrected chi connectivity index (χ4v) is 3.67. The molecule has 0 bridgehead atoms. The molecular weight excluding hydrogens is 332 g/mol. The molecule has 2 heterocycles. The molecule has 1 unspecified atom stereocenters. The van der Waals surface area contributed by atoms with Gasteiger partial charge in [0, 0.05) is 5.56 Å². The Kier molecular flexibility index (Phi) is 4.29. The van der Waals surface area contributed by atoms with Gasteiger partial charge in [0.25, 0.3) is 0 Å². The van der Waals surface area contributed by atoms with Gasteiger partial charge in [0.2, 0.25) is 11.7 Å². The molecule has 0 radical (unpaired) electrons. The highest BCUT2D eigenvalue weighted by Crippen LogP contribution is 2.26. The summed E-state index contributed by atoms with van der Waals surface area (Å²) in [7, 11) is 2.04. The van der Waals surface area contributed by atoms with Gasteiger partial charge in [0.1, 0.15) is 5.01 Å². The largest absolute Gasteiger partial charge is 0.337 e. The van der Waals surface area contributed by atoms with Crippen molar-refractivity contribution < 1.29 is 4.52 Å². The molecule has 0 aliphatic carbocycles. The van der Waals surface area contributed by atoms with E-state index in [2.05, 4.69) is 28.0 Å². The summed E-state index contributed by atoms with van der Waals surface area (Å²) in [6.45, 7) is 2.80. The van der Waals surface area contributed by atoms with Gasteiger partial charge >= 0.3 is 0 Å². The van der Waals surface area contributed by atoms with Crippen LogP contribution in [0.5, 0.6) is 0 Å². The molecule has 0 spiro atoms. The molecule has 2 aromatic carbocycles. The smallest absolute Gasteiger partial charge is 0.244 e. The number of benzene rings is 2. The van der Waals surface area contributed by atoms with Gasteiger partial charge < -0.3 is 4.52 Å². The fourth-order valence-electron chi connectivity index (χ4n) is 2.64. The zero-order chi connectivity index (χ0) is 17.2. The third kappa shape index (κ3) is 3.31. The van der Waals surface area contributed by atoms with E-state index in [-0.39, 0.29) is 6.04 Å². The van der Waals surface area contributed by atoms with Gasteiger partial charge in [-0.2, -0.15) is 4.98 Å². The second-order valence-electron chi connectivity index (χ2n) is 5.99. The molecule has 0 N–H and O–H groups in total. The SMILES string of the molecule is CC(c1nc(-c2ccccc2)no1)N(C)Cc1nc2ccccc2s1. The minimum atomic E-state index is 0.0111.